The molecule has 122 valence electrons. The van der Waals surface area contributed by atoms with Crippen LogP contribution in [0.3, 0.4) is 0 Å². The summed E-state index contributed by atoms with van der Waals surface area (Å²) in [5, 5.41) is 0. The molecule has 0 bridgehead atoms. The Morgan fingerprint density at radius 2 is 1.73 bits per heavy atom. The van der Waals surface area contributed by atoms with Gasteiger partial charge in [0.25, 0.3) is 0 Å². The summed E-state index contributed by atoms with van der Waals surface area (Å²) in [5.74, 6) is 7.86. The van der Waals surface area contributed by atoms with E-state index in [0.29, 0.717) is 0 Å². The zero-order valence-corrected chi connectivity index (χ0v) is 14.7. The molecular formula is C19H30N2S. The van der Waals surface area contributed by atoms with Crippen LogP contribution in [-0.4, -0.2) is 11.5 Å². The monoisotopic (exact) mass is 318 g/mol. The Morgan fingerprint density at radius 3 is 2.36 bits per heavy atom. The summed E-state index contributed by atoms with van der Waals surface area (Å²) in [5.41, 5.74) is 7.37. The summed E-state index contributed by atoms with van der Waals surface area (Å²) in [6.07, 6.45) is 7.01. The van der Waals surface area contributed by atoms with E-state index in [4.69, 9.17) is 5.84 Å². The highest BCUT2D eigenvalue weighted by atomic mass is 32.2. The number of nitrogen functional groups attached to an aromatic ring is 1. The van der Waals surface area contributed by atoms with Crippen LogP contribution in [0.1, 0.15) is 51.0 Å². The van der Waals surface area contributed by atoms with Crippen molar-refractivity contribution in [2.45, 2.75) is 45.4 Å². The Labute approximate surface area is 140 Å². The van der Waals surface area contributed by atoms with Gasteiger partial charge in [-0.15, -0.1) is 0 Å². The van der Waals surface area contributed by atoms with Crippen molar-refractivity contribution in [2.24, 2.45) is 5.84 Å². The van der Waals surface area contributed by atoms with Crippen molar-refractivity contribution < 1.29 is 0 Å². The minimum Gasteiger partial charge on any atom is -0.324 e. The predicted octanol–water partition coefficient (Wildman–Crippen LogP) is 5.64. The first-order chi connectivity index (χ1) is 10.7. The van der Waals surface area contributed by atoms with Crippen LogP contribution in [0.5, 0.6) is 0 Å². The SMILES string of the molecule is C=C(CCCCC(=C)c1ccc(NN)cc1)CCSCCC. The third-order valence-corrected chi connectivity index (χ3v) is 4.86. The van der Waals surface area contributed by atoms with E-state index in [1.54, 1.807) is 0 Å². The molecule has 0 aliphatic heterocycles. The van der Waals surface area contributed by atoms with Gasteiger partial charge < -0.3 is 5.43 Å². The summed E-state index contributed by atoms with van der Waals surface area (Å²) < 4.78 is 0. The largest absolute Gasteiger partial charge is 0.324 e. The molecule has 1 aromatic rings. The van der Waals surface area contributed by atoms with Gasteiger partial charge in [-0.05, 0) is 73.3 Å². The lowest BCUT2D eigenvalue weighted by atomic mass is 9.99. The van der Waals surface area contributed by atoms with E-state index in [0.717, 1.165) is 18.5 Å². The number of hydrazine groups is 1. The van der Waals surface area contributed by atoms with Gasteiger partial charge in [-0.25, -0.2) is 0 Å². The van der Waals surface area contributed by atoms with Crippen LogP contribution in [0.2, 0.25) is 0 Å². The standard InChI is InChI=1S/C19H30N2S/c1-4-14-22-15-13-16(2)7-5-6-8-17(3)18-9-11-19(21-20)12-10-18/h9-12,21H,2-8,13-15,20H2,1H3. The van der Waals surface area contributed by atoms with Crippen LogP contribution in [-0.2, 0) is 0 Å². The van der Waals surface area contributed by atoms with E-state index >= 15 is 0 Å². The van der Waals surface area contributed by atoms with E-state index in [9.17, 15) is 0 Å². The zero-order chi connectivity index (χ0) is 16.2. The molecule has 22 heavy (non-hydrogen) atoms. The Bertz CT molecular complexity index is 451. The Kier molecular flexibility index (Phi) is 9.76. The van der Waals surface area contributed by atoms with Gasteiger partial charge in [0.05, 0.1) is 0 Å². The van der Waals surface area contributed by atoms with E-state index in [-0.39, 0.29) is 0 Å². The molecule has 0 heterocycles. The van der Waals surface area contributed by atoms with E-state index in [1.165, 1.54) is 53.9 Å². The van der Waals surface area contributed by atoms with E-state index in [1.807, 2.05) is 23.9 Å². The van der Waals surface area contributed by atoms with Gasteiger partial charge >= 0.3 is 0 Å². The molecule has 0 unspecified atom stereocenters. The van der Waals surface area contributed by atoms with Crippen LogP contribution in [0.4, 0.5) is 5.69 Å². The van der Waals surface area contributed by atoms with Gasteiger partial charge in [0.1, 0.15) is 0 Å². The van der Waals surface area contributed by atoms with Gasteiger partial charge in [0.15, 0.2) is 0 Å². The van der Waals surface area contributed by atoms with Crippen molar-refractivity contribution in [1.29, 1.82) is 0 Å². The summed E-state index contributed by atoms with van der Waals surface area (Å²) in [4.78, 5) is 0. The van der Waals surface area contributed by atoms with E-state index in [2.05, 4.69) is 37.6 Å². The first-order valence-corrected chi connectivity index (χ1v) is 9.32. The molecule has 0 aliphatic carbocycles. The fourth-order valence-electron chi connectivity index (χ4n) is 2.25. The molecule has 2 nitrogen and oxygen atoms in total. The molecule has 0 radical (unpaired) electrons. The van der Waals surface area contributed by atoms with Crippen molar-refractivity contribution in [3.8, 4) is 0 Å². The third kappa shape index (κ3) is 7.71. The summed E-state index contributed by atoms with van der Waals surface area (Å²) in [6, 6.07) is 8.11. The number of hydrogen-bond donors (Lipinski definition) is 2. The highest BCUT2D eigenvalue weighted by molar-refractivity contribution is 7.99. The molecule has 0 atom stereocenters. The lowest BCUT2D eigenvalue weighted by Gasteiger charge is -2.08. The molecule has 0 saturated carbocycles. The number of rotatable bonds is 12. The molecule has 0 aliphatic rings. The average molecular weight is 319 g/mol. The van der Waals surface area contributed by atoms with Crippen molar-refractivity contribution in [1.82, 2.24) is 0 Å². The van der Waals surface area contributed by atoms with Crippen molar-refractivity contribution in [2.75, 3.05) is 16.9 Å². The fraction of sp³-hybridized carbons (Fsp3) is 0.474. The van der Waals surface area contributed by atoms with Crippen LogP contribution in [0, 0.1) is 0 Å². The summed E-state index contributed by atoms with van der Waals surface area (Å²) in [7, 11) is 0. The number of hydrogen-bond acceptors (Lipinski definition) is 3. The molecule has 0 fully saturated rings. The minimum absolute atomic E-state index is 0.925. The molecule has 1 rings (SSSR count). The summed E-state index contributed by atoms with van der Waals surface area (Å²) >= 11 is 2.04. The zero-order valence-electron chi connectivity index (χ0n) is 13.9. The molecule has 0 aromatic heterocycles. The van der Waals surface area contributed by atoms with Crippen LogP contribution in [0.25, 0.3) is 5.57 Å². The highest BCUT2D eigenvalue weighted by Gasteiger charge is 2.01. The Hall–Kier alpha value is -1.19. The number of allylic oxidation sites excluding steroid dienone is 2. The number of nitrogens with two attached hydrogens (primary N) is 1. The first-order valence-electron chi connectivity index (χ1n) is 8.16. The lowest BCUT2D eigenvalue weighted by molar-refractivity contribution is 0.737. The summed E-state index contributed by atoms with van der Waals surface area (Å²) in [6.45, 7) is 10.6. The molecule has 3 N–H and O–H groups in total. The van der Waals surface area contributed by atoms with Gasteiger partial charge in [-0.3, -0.25) is 5.84 Å². The second-order valence-electron chi connectivity index (χ2n) is 5.64. The molecule has 0 saturated heterocycles. The maximum atomic E-state index is 5.37. The molecule has 3 heteroatoms. The fourth-order valence-corrected chi connectivity index (χ4v) is 3.17. The Balaban J connectivity index is 2.15. The van der Waals surface area contributed by atoms with Gasteiger partial charge in [0, 0.05) is 5.69 Å². The Morgan fingerprint density at radius 1 is 1.05 bits per heavy atom. The molecule has 1 aromatic carbocycles. The van der Waals surface area contributed by atoms with Gasteiger partial charge in [-0.2, -0.15) is 11.8 Å². The quantitative estimate of drug-likeness (QED) is 0.227. The highest BCUT2D eigenvalue weighted by Crippen LogP contribution is 2.22. The number of anilines is 1. The number of unbranched alkanes of at least 4 members (excludes halogenated alkanes) is 1. The lowest BCUT2D eigenvalue weighted by Crippen LogP contribution is -2.06. The van der Waals surface area contributed by atoms with Crippen molar-refractivity contribution >= 4 is 23.0 Å². The van der Waals surface area contributed by atoms with E-state index < -0.39 is 0 Å². The normalized spacial score (nSPS) is 10.5. The maximum Gasteiger partial charge on any atom is 0.0485 e. The smallest absolute Gasteiger partial charge is 0.0485 e. The second kappa shape index (κ2) is 11.4. The maximum absolute atomic E-state index is 5.37. The topological polar surface area (TPSA) is 38.0 Å². The van der Waals surface area contributed by atoms with Crippen LogP contribution in [0.15, 0.2) is 43.0 Å². The first kappa shape index (κ1) is 18.9. The van der Waals surface area contributed by atoms with Crippen LogP contribution < -0.4 is 11.3 Å². The minimum atomic E-state index is 0.925. The van der Waals surface area contributed by atoms with Crippen molar-refractivity contribution in [3.05, 3.63) is 48.6 Å². The molecule has 0 spiro atoms. The number of benzene rings is 1. The van der Waals surface area contributed by atoms with Crippen LogP contribution >= 0.6 is 11.8 Å². The predicted molar refractivity (Wildman–Crippen MR) is 103 cm³/mol. The van der Waals surface area contributed by atoms with Gasteiger partial charge in [-0.1, -0.05) is 37.8 Å². The van der Waals surface area contributed by atoms with Crippen molar-refractivity contribution in [3.63, 3.8) is 0 Å². The van der Waals surface area contributed by atoms with Gasteiger partial charge in [0.2, 0.25) is 0 Å². The second-order valence-corrected chi connectivity index (χ2v) is 6.87. The number of thioether (sulfide) groups is 1. The molecular weight excluding hydrogens is 288 g/mol. The number of nitrogens with one attached hydrogen (secondary N) is 1. The third-order valence-electron chi connectivity index (χ3n) is 3.67. The molecule has 0 amide bonds. The average Bonchev–Trinajstić information content (AvgIpc) is 2.55.